The molecular weight excluding hydrogens is 561 g/mol. The fourth-order valence-electron chi connectivity index (χ4n) is 4.51. The topological polar surface area (TPSA) is 77.5 Å². The zero-order valence-electron chi connectivity index (χ0n) is 22.0. The maximum absolute atomic E-state index is 13.2. The Labute approximate surface area is 237 Å². The summed E-state index contributed by atoms with van der Waals surface area (Å²) in [7, 11) is -7.61. The Bertz CT molecular complexity index is 1700. The Morgan fingerprint density at radius 3 is 1.00 bits per heavy atom. The lowest BCUT2D eigenvalue weighted by Crippen LogP contribution is -2.06. The van der Waals surface area contributed by atoms with Crippen molar-refractivity contribution in [1.82, 2.24) is 0 Å². The minimum absolute atomic E-state index is 0.211. The van der Waals surface area contributed by atoms with Crippen LogP contribution in [0.15, 0.2) is 168 Å². The van der Waals surface area contributed by atoms with Gasteiger partial charge in [-0.3, -0.25) is 0 Å². The average molecular weight is 589 g/mol. The van der Waals surface area contributed by atoms with Crippen LogP contribution < -0.4 is 4.74 Å². The molecular formula is C32H28O5S3. The van der Waals surface area contributed by atoms with Gasteiger partial charge in [-0.1, -0.05) is 36.4 Å². The molecule has 0 aliphatic carbocycles. The molecule has 8 heteroatoms. The first kappa shape index (κ1) is 27.7. The second-order valence-corrected chi connectivity index (χ2v) is 16.3. The normalized spacial score (nSPS) is 12.6. The predicted molar refractivity (Wildman–Crippen MR) is 158 cm³/mol. The van der Waals surface area contributed by atoms with Crippen molar-refractivity contribution in [1.29, 1.82) is 0 Å². The third-order valence-corrected chi connectivity index (χ3v) is 14.1. The molecule has 0 aromatic heterocycles. The molecule has 204 valence electrons. The van der Waals surface area contributed by atoms with Gasteiger partial charge in [0, 0.05) is 0 Å². The molecule has 0 N–H and O–H groups in total. The van der Waals surface area contributed by atoms with Gasteiger partial charge in [0.1, 0.15) is 5.75 Å². The first-order valence-electron chi connectivity index (χ1n) is 12.4. The minimum atomic E-state index is -3.66. The maximum Gasteiger partial charge on any atom is 0.206 e. The monoisotopic (exact) mass is 588 g/mol. The molecule has 40 heavy (non-hydrogen) atoms. The number of rotatable bonds is 8. The Morgan fingerprint density at radius 1 is 0.400 bits per heavy atom. The van der Waals surface area contributed by atoms with Crippen molar-refractivity contribution >= 4 is 29.7 Å². The Balaban J connectivity index is 1.59. The molecule has 0 spiro atoms. The van der Waals surface area contributed by atoms with Crippen molar-refractivity contribution < 1.29 is 21.6 Å². The van der Waals surface area contributed by atoms with Gasteiger partial charge in [0.15, 0.2) is 0 Å². The van der Waals surface area contributed by atoms with E-state index in [1.165, 1.54) is 0 Å². The number of ether oxygens (including phenoxy) is 1. The highest BCUT2D eigenvalue weighted by atomic mass is 32.3. The summed E-state index contributed by atoms with van der Waals surface area (Å²) in [4.78, 5) is 3.79. The average Bonchev–Trinajstić information content (AvgIpc) is 3.01. The van der Waals surface area contributed by atoms with E-state index in [9.17, 15) is 16.8 Å². The molecule has 0 amide bonds. The molecule has 0 saturated carbocycles. The van der Waals surface area contributed by atoms with E-state index in [1.54, 1.807) is 92.0 Å². The van der Waals surface area contributed by atoms with E-state index in [0.717, 1.165) is 20.4 Å². The maximum atomic E-state index is 13.2. The summed E-state index contributed by atoms with van der Waals surface area (Å²) in [6.07, 6.45) is 2.12. The van der Waals surface area contributed by atoms with Crippen LogP contribution in [0, 0.1) is 0 Å². The van der Waals surface area contributed by atoms with E-state index in [-0.39, 0.29) is 19.6 Å². The van der Waals surface area contributed by atoms with Crippen LogP contribution in [0.3, 0.4) is 0 Å². The minimum Gasteiger partial charge on any atom is -0.497 e. The van der Waals surface area contributed by atoms with Gasteiger partial charge in [-0.05, 0) is 118 Å². The van der Waals surface area contributed by atoms with E-state index >= 15 is 0 Å². The van der Waals surface area contributed by atoms with E-state index in [4.69, 9.17) is 4.74 Å². The summed E-state index contributed by atoms with van der Waals surface area (Å²) < 4.78 is 58.1. The van der Waals surface area contributed by atoms with E-state index < -0.39 is 29.7 Å². The summed E-state index contributed by atoms with van der Waals surface area (Å²) >= 11 is 0. The van der Waals surface area contributed by atoms with Crippen molar-refractivity contribution in [2.75, 3.05) is 13.4 Å². The van der Waals surface area contributed by atoms with Crippen LogP contribution in [0.1, 0.15) is 0 Å². The highest BCUT2D eigenvalue weighted by Gasteiger charge is 2.28. The van der Waals surface area contributed by atoms with Gasteiger partial charge in [0.05, 0.1) is 26.7 Å². The van der Waals surface area contributed by atoms with Gasteiger partial charge in [0.2, 0.25) is 19.7 Å². The van der Waals surface area contributed by atoms with Crippen LogP contribution in [0.5, 0.6) is 5.75 Å². The molecule has 5 aromatic carbocycles. The van der Waals surface area contributed by atoms with Crippen LogP contribution in [0.4, 0.5) is 0 Å². The zero-order chi connectivity index (χ0) is 28.4. The lowest BCUT2D eigenvalue weighted by atomic mass is 10.3. The van der Waals surface area contributed by atoms with Crippen molar-refractivity contribution in [3.63, 3.8) is 0 Å². The van der Waals surface area contributed by atoms with Crippen LogP contribution in [0.25, 0.3) is 0 Å². The summed E-state index contributed by atoms with van der Waals surface area (Å²) in [5.74, 6) is 0.721. The van der Waals surface area contributed by atoms with Gasteiger partial charge in [-0.15, -0.1) is 0 Å². The highest BCUT2D eigenvalue weighted by molar-refractivity contribution is 8.33. The summed E-state index contributed by atoms with van der Waals surface area (Å²) in [6.45, 7) is 0. The molecule has 0 unspecified atom stereocenters. The van der Waals surface area contributed by atoms with Crippen molar-refractivity contribution in [3.05, 3.63) is 133 Å². The SMILES string of the molecule is COc1ccc(S(C)(c2ccc(S(=O)(=O)c3ccccc3)cc2)c2ccc(S(=O)(=O)c3ccccc3)cc2)cc1. The van der Waals surface area contributed by atoms with Gasteiger partial charge >= 0.3 is 0 Å². The lowest BCUT2D eigenvalue weighted by molar-refractivity contribution is 0.414. The molecule has 5 nitrogen and oxygen atoms in total. The first-order valence-corrected chi connectivity index (χ1v) is 17.4. The molecule has 5 rings (SSSR count). The van der Waals surface area contributed by atoms with Gasteiger partial charge in [-0.2, -0.15) is 10.0 Å². The Morgan fingerprint density at radius 2 is 0.675 bits per heavy atom. The van der Waals surface area contributed by atoms with Crippen LogP contribution in [0.2, 0.25) is 0 Å². The molecule has 0 fully saturated rings. The smallest absolute Gasteiger partial charge is 0.206 e. The molecule has 0 saturated heterocycles. The highest BCUT2D eigenvalue weighted by Crippen LogP contribution is 2.65. The number of benzene rings is 5. The fraction of sp³-hybridized carbons (Fsp3) is 0.0625. The quantitative estimate of drug-likeness (QED) is 0.191. The largest absolute Gasteiger partial charge is 0.497 e. The fourth-order valence-corrected chi connectivity index (χ4v) is 9.93. The van der Waals surface area contributed by atoms with Crippen LogP contribution >= 0.6 is 10.0 Å². The lowest BCUT2D eigenvalue weighted by Gasteiger charge is -2.37. The van der Waals surface area contributed by atoms with Gasteiger partial charge < -0.3 is 4.74 Å². The zero-order valence-corrected chi connectivity index (χ0v) is 24.4. The van der Waals surface area contributed by atoms with Crippen molar-refractivity contribution in [3.8, 4) is 5.75 Å². The molecule has 0 heterocycles. The first-order chi connectivity index (χ1) is 19.2. The van der Waals surface area contributed by atoms with E-state index in [2.05, 4.69) is 6.26 Å². The molecule has 0 radical (unpaired) electrons. The van der Waals surface area contributed by atoms with Crippen molar-refractivity contribution in [2.24, 2.45) is 0 Å². The second kappa shape index (κ2) is 11.0. The Kier molecular flexibility index (Phi) is 7.59. The number of methoxy groups -OCH3 is 1. The van der Waals surface area contributed by atoms with Crippen LogP contribution in [-0.4, -0.2) is 30.2 Å². The second-order valence-electron chi connectivity index (χ2n) is 9.17. The molecule has 0 aliphatic heterocycles. The number of hydrogen-bond donors (Lipinski definition) is 0. The molecule has 0 bridgehead atoms. The van der Waals surface area contributed by atoms with Gasteiger partial charge in [-0.25, -0.2) is 16.8 Å². The predicted octanol–water partition coefficient (Wildman–Crippen LogP) is 7.27. The third-order valence-electron chi connectivity index (χ3n) is 6.85. The third kappa shape index (κ3) is 5.06. The molecule has 0 aliphatic rings. The Hall–Kier alpha value is -3.85. The summed E-state index contributed by atoms with van der Waals surface area (Å²) in [6, 6.07) is 38.4. The van der Waals surface area contributed by atoms with E-state index in [1.807, 2.05) is 48.5 Å². The summed E-state index contributed by atoms with van der Waals surface area (Å²) in [5.41, 5.74) is 0. The van der Waals surface area contributed by atoms with E-state index in [0.29, 0.717) is 0 Å². The van der Waals surface area contributed by atoms with Crippen molar-refractivity contribution in [2.45, 2.75) is 34.3 Å². The standard InChI is InChI=1S/C32H28O5S3/c1-37-25-13-15-26(16-14-25)38(2,27-17-21-31(22-18-27)39(33,34)29-9-5-3-6-10-29)28-19-23-32(24-20-28)40(35,36)30-11-7-4-8-12-30/h3-24H,1-2H3. The number of sulfone groups is 2. The van der Waals surface area contributed by atoms with Gasteiger partial charge in [0.25, 0.3) is 0 Å². The van der Waals surface area contributed by atoms with Crippen LogP contribution in [-0.2, 0) is 19.7 Å². The molecule has 5 aromatic rings. The molecule has 0 atom stereocenters. The summed E-state index contributed by atoms with van der Waals surface area (Å²) in [5, 5.41) is 0. The number of hydrogen-bond acceptors (Lipinski definition) is 5.